The minimum absolute atomic E-state index is 0.0755. The van der Waals surface area contributed by atoms with E-state index < -0.39 is 21.7 Å². The Bertz CT molecular complexity index is 1360. The van der Waals surface area contributed by atoms with Crippen LogP contribution in [-0.4, -0.2) is 62.2 Å². The normalized spacial score (nSPS) is 12.1. The van der Waals surface area contributed by atoms with E-state index in [0.29, 0.717) is 40.5 Å². The number of benzene rings is 2. The number of carbonyl (C=O) groups is 2. The number of amides is 1. The summed E-state index contributed by atoms with van der Waals surface area (Å²) in [7, 11) is -1.78. The molecule has 1 aromatic heterocycles. The van der Waals surface area contributed by atoms with Gasteiger partial charge in [-0.15, -0.1) is 11.3 Å². The van der Waals surface area contributed by atoms with Crippen molar-refractivity contribution in [2.45, 2.75) is 30.1 Å². The topological polar surface area (TPSA) is 141 Å². The van der Waals surface area contributed by atoms with Crippen molar-refractivity contribution in [1.82, 2.24) is 4.98 Å². The van der Waals surface area contributed by atoms with Gasteiger partial charge in [0.25, 0.3) is 5.91 Å². The van der Waals surface area contributed by atoms with Crippen molar-refractivity contribution < 1.29 is 37.3 Å². The van der Waals surface area contributed by atoms with Gasteiger partial charge in [-0.3, -0.25) is 14.9 Å². The molecule has 0 spiro atoms. The number of carboxylic acid groups (broad SMARTS) is 1. The number of aliphatic carboxylic acids is 1. The molecule has 1 heterocycles. The average molecular weight is 581 g/mol. The van der Waals surface area contributed by atoms with Gasteiger partial charge < -0.3 is 19.3 Å². The monoisotopic (exact) mass is 580 g/mol. The first-order chi connectivity index (χ1) is 18.0. The molecule has 10 nitrogen and oxygen atoms in total. The summed E-state index contributed by atoms with van der Waals surface area (Å²) in [4.78, 5) is 28.3. The number of thioether (sulfide) groups is 1. The maximum atomic E-state index is 13.1. The maximum Gasteiger partial charge on any atom is 0.304 e. The molecule has 0 unspecified atom stereocenters. The van der Waals surface area contributed by atoms with Crippen LogP contribution in [0.5, 0.6) is 17.2 Å². The summed E-state index contributed by atoms with van der Waals surface area (Å²) in [6.45, 7) is 2.16. The molecule has 3 rings (SSSR count). The van der Waals surface area contributed by atoms with E-state index in [9.17, 15) is 18.0 Å². The Balaban J connectivity index is 1.76. The van der Waals surface area contributed by atoms with Crippen LogP contribution < -0.4 is 14.8 Å². The zero-order valence-corrected chi connectivity index (χ0v) is 23.5. The van der Waals surface area contributed by atoms with Crippen molar-refractivity contribution in [2.75, 3.05) is 31.0 Å². The predicted molar refractivity (Wildman–Crippen MR) is 147 cm³/mol. The van der Waals surface area contributed by atoms with Crippen molar-refractivity contribution in [1.29, 1.82) is 0 Å². The lowest BCUT2D eigenvalue weighted by molar-refractivity contribution is -0.136. The van der Waals surface area contributed by atoms with Crippen LogP contribution in [0.15, 0.2) is 52.7 Å². The number of methoxy groups -OCH3 is 1. The lowest BCUT2D eigenvalue weighted by Gasteiger charge is -2.16. The van der Waals surface area contributed by atoms with Gasteiger partial charge in [-0.05, 0) is 43.3 Å². The number of hydrogen-bond acceptors (Lipinski definition) is 10. The average Bonchev–Trinajstić information content (AvgIpc) is 3.28. The Kier molecular flexibility index (Phi) is 10.5. The molecule has 0 saturated carbocycles. The second-order valence-electron chi connectivity index (χ2n) is 8.22. The number of carboxylic acids is 1. The molecule has 3 aromatic rings. The molecule has 13 heteroatoms. The lowest BCUT2D eigenvalue weighted by atomic mass is 10.2. The van der Waals surface area contributed by atoms with E-state index in [2.05, 4.69) is 10.3 Å². The quantitative estimate of drug-likeness (QED) is 0.257. The van der Waals surface area contributed by atoms with E-state index in [1.54, 1.807) is 25.3 Å². The third-order valence-electron chi connectivity index (χ3n) is 4.85. The van der Waals surface area contributed by atoms with Crippen molar-refractivity contribution >= 4 is 49.9 Å². The number of rotatable bonds is 14. The summed E-state index contributed by atoms with van der Waals surface area (Å²) in [6.07, 6.45) is 0.909. The van der Waals surface area contributed by atoms with E-state index in [1.807, 2.05) is 12.3 Å². The fraction of sp³-hybridized carbons (Fsp3) is 0.320. The van der Waals surface area contributed by atoms with Crippen LogP contribution in [0.2, 0.25) is 0 Å². The third-order valence-corrected chi connectivity index (χ3v) is 7.78. The molecular weight excluding hydrogens is 552 g/mol. The zero-order chi connectivity index (χ0) is 27.7. The van der Waals surface area contributed by atoms with Crippen molar-refractivity contribution in [3.8, 4) is 17.2 Å². The molecule has 2 N–H and O–H groups in total. The van der Waals surface area contributed by atoms with E-state index in [1.165, 1.54) is 47.4 Å². The highest BCUT2D eigenvalue weighted by molar-refractivity contribution is 7.98. The molecule has 204 valence electrons. The smallest absolute Gasteiger partial charge is 0.304 e. The molecule has 0 aliphatic carbocycles. The number of aromatic nitrogens is 1. The summed E-state index contributed by atoms with van der Waals surface area (Å²) in [6, 6.07) is 10.7. The van der Waals surface area contributed by atoms with E-state index in [-0.39, 0.29) is 23.0 Å². The summed E-state index contributed by atoms with van der Waals surface area (Å²) >= 11 is 2.72. The van der Waals surface area contributed by atoms with E-state index >= 15 is 0 Å². The first kappa shape index (κ1) is 29.4. The zero-order valence-electron chi connectivity index (χ0n) is 21.0. The Morgan fingerprint density at radius 3 is 2.50 bits per heavy atom. The Morgan fingerprint density at radius 1 is 1.13 bits per heavy atom. The van der Waals surface area contributed by atoms with Crippen LogP contribution in [0.1, 0.15) is 29.4 Å². The van der Waals surface area contributed by atoms with Gasteiger partial charge in [0, 0.05) is 41.9 Å². The Hall–Kier alpha value is -3.13. The molecule has 0 saturated heterocycles. The molecule has 2 aromatic carbocycles. The highest BCUT2D eigenvalue weighted by Gasteiger charge is 2.15. The molecule has 1 amide bonds. The van der Waals surface area contributed by atoms with Gasteiger partial charge in [-0.2, -0.15) is 11.8 Å². The number of nitrogens with zero attached hydrogens (tertiary/aromatic N) is 1. The Morgan fingerprint density at radius 2 is 1.84 bits per heavy atom. The lowest BCUT2D eigenvalue weighted by Crippen LogP contribution is -2.18. The highest BCUT2D eigenvalue weighted by Crippen LogP contribution is 2.30. The molecular formula is C25H28N2O8S3. The molecule has 0 aliphatic heterocycles. The fourth-order valence-electron chi connectivity index (χ4n) is 3.16. The summed E-state index contributed by atoms with van der Waals surface area (Å²) in [5.74, 6) is 0.834. The van der Waals surface area contributed by atoms with Gasteiger partial charge >= 0.3 is 5.97 Å². The van der Waals surface area contributed by atoms with Gasteiger partial charge in [0.2, 0.25) is 0 Å². The molecule has 0 fully saturated rings. The molecule has 0 bridgehead atoms. The van der Waals surface area contributed by atoms with Crippen LogP contribution in [0.25, 0.3) is 0 Å². The maximum absolute atomic E-state index is 13.1. The second-order valence-corrected chi connectivity index (χ2v) is 12.2. The van der Waals surface area contributed by atoms with Crippen LogP contribution in [0.4, 0.5) is 5.13 Å². The van der Waals surface area contributed by atoms with E-state index in [0.717, 1.165) is 11.9 Å². The fourth-order valence-corrected chi connectivity index (χ4v) is 5.42. The van der Waals surface area contributed by atoms with Crippen LogP contribution >= 0.6 is 23.1 Å². The van der Waals surface area contributed by atoms with Crippen LogP contribution in [0, 0.1) is 0 Å². The number of hydrogen-bond donors (Lipinski definition) is 2. The number of thiazole rings is 1. The number of ether oxygens (including phenoxy) is 3. The van der Waals surface area contributed by atoms with Crippen molar-refractivity contribution in [2.24, 2.45) is 0 Å². The van der Waals surface area contributed by atoms with E-state index in [4.69, 9.17) is 19.3 Å². The molecule has 0 aliphatic rings. The Labute approximate surface area is 229 Å². The van der Waals surface area contributed by atoms with Crippen LogP contribution in [-0.2, 0) is 25.1 Å². The SMILES string of the molecule is COC[C@H](C)Oc1cc(Oc2ccc(S(C)(=O)=O)cc2)cc(C(=O)Nc2nc(CSCCC(=O)O)cs2)c1. The molecule has 0 radical (unpaired) electrons. The largest absolute Gasteiger partial charge is 0.488 e. The molecule has 1 atom stereocenters. The number of anilines is 1. The second kappa shape index (κ2) is 13.6. The van der Waals surface area contributed by atoms with Crippen molar-refractivity contribution in [3.05, 3.63) is 59.1 Å². The highest BCUT2D eigenvalue weighted by atomic mass is 32.2. The van der Waals surface area contributed by atoms with Gasteiger partial charge in [0.15, 0.2) is 15.0 Å². The van der Waals surface area contributed by atoms with Gasteiger partial charge in [0.05, 0.1) is 23.6 Å². The molecule has 38 heavy (non-hydrogen) atoms. The van der Waals surface area contributed by atoms with Gasteiger partial charge in [-0.25, -0.2) is 13.4 Å². The standard InChI is InChI=1S/C25H28N2O8S3/c1-16(13-33-2)34-20-10-17(11-21(12-20)35-19-4-6-22(7-5-19)38(3,31)32)24(30)27-25-26-18(15-37-25)14-36-9-8-23(28)29/h4-7,10-12,15-16H,8-9,13-14H2,1-3H3,(H,28,29)(H,26,27,30)/t16-/m0/s1. The first-order valence-corrected chi connectivity index (χ1v) is 15.3. The minimum atomic E-state index is -3.34. The summed E-state index contributed by atoms with van der Waals surface area (Å²) in [5.41, 5.74) is 1.01. The number of nitrogens with one attached hydrogen (secondary N) is 1. The van der Waals surface area contributed by atoms with Gasteiger partial charge in [-0.1, -0.05) is 0 Å². The van der Waals surface area contributed by atoms with Crippen molar-refractivity contribution in [3.63, 3.8) is 0 Å². The predicted octanol–water partition coefficient (Wildman–Crippen LogP) is 4.71. The van der Waals surface area contributed by atoms with Gasteiger partial charge in [0.1, 0.15) is 23.4 Å². The number of carbonyl (C=O) groups excluding carboxylic acids is 1. The summed E-state index contributed by atoms with van der Waals surface area (Å²) < 4.78 is 40.4. The third kappa shape index (κ3) is 9.31. The minimum Gasteiger partial charge on any atom is -0.488 e. The summed E-state index contributed by atoms with van der Waals surface area (Å²) in [5, 5.41) is 13.7. The number of sulfone groups is 1. The van der Waals surface area contributed by atoms with Crippen LogP contribution in [0.3, 0.4) is 0 Å². The first-order valence-electron chi connectivity index (χ1n) is 11.4.